The number of carboxylic acids is 2. The van der Waals surface area contributed by atoms with Gasteiger partial charge in [0.25, 0.3) is 11.9 Å². The van der Waals surface area contributed by atoms with Gasteiger partial charge in [0.1, 0.15) is 47.7 Å². The summed E-state index contributed by atoms with van der Waals surface area (Å²) in [6.07, 6.45) is 1.70. The Morgan fingerprint density at radius 3 is 1.14 bits per heavy atom. The average Bonchev–Trinajstić information content (AvgIpc) is 3.23. The predicted molar refractivity (Wildman–Crippen MR) is 244 cm³/mol. The van der Waals surface area contributed by atoms with Crippen LogP contribution in [0.5, 0.6) is 11.5 Å². The number of rotatable bonds is 7. The number of pyridine rings is 1. The van der Waals surface area contributed by atoms with Crippen molar-refractivity contribution < 1.29 is 44.0 Å². The molecule has 7 aromatic rings. The Bertz CT molecular complexity index is 2140. The molecule has 0 atom stereocenters. The van der Waals surface area contributed by atoms with Gasteiger partial charge < -0.3 is 20.7 Å². The van der Waals surface area contributed by atoms with Gasteiger partial charge in [-0.05, 0) is 72.8 Å². The number of carboxylic acid groups (broad SMARTS) is 2. The first-order valence-corrected chi connectivity index (χ1v) is 21.9. The van der Waals surface area contributed by atoms with Gasteiger partial charge in [0.15, 0.2) is 11.5 Å². The minimum absolute atomic E-state index is 0. The van der Waals surface area contributed by atoms with Crippen molar-refractivity contribution in [3.63, 3.8) is 0 Å². The fraction of sp³-hybridized carbons (Fsp3) is 0.122. The topological polar surface area (TPSA) is 121 Å². The molecule has 0 saturated heterocycles. The third-order valence-corrected chi connectivity index (χ3v) is 14.8. The van der Waals surface area contributed by atoms with Gasteiger partial charge in [-0.3, -0.25) is 14.6 Å². The number of carbonyl (C=O) groups is 2. The maximum Gasteiger partial charge on any atom is 1.00 e. The van der Waals surface area contributed by atoms with Crippen molar-refractivity contribution >= 4 is 59.6 Å². The summed E-state index contributed by atoms with van der Waals surface area (Å²) in [7, 11) is -2.64. The number of nitrogens with one attached hydrogen (secondary N) is 1. The zero-order valence-electron chi connectivity index (χ0n) is 33.4. The smallest absolute Gasteiger partial charge is 0.672 e. The summed E-state index contributed by atoms with van der Waals surface area (Å²) in [5, 5.41) is 22.9. The molecule has 0 fully saturated rings. The minimum Gasteiger partial charge on any atom is -0.672 e. The van der Waals surface area contributed by atoms with E-state index in [1.54, 1.807) is 6.20 Å². The molecule has 6 aromatic carbocycles. The fourth-order valence-corrected chi connectivity index (χ4v) is 12.2. The van der Waals surface area contributed by atoms with Crippen LogP contribution >= 0.6 is 15.8 Å². The summed E-state index contributed by atoms with van der Waals surface area (Å²) in [5.41, 5.74) is 10.0. The van der Waals surface area contributed by atoms with Crippen molar-refractivity contribution in [2.45, 2.75) is 39.7 Å². The molecular formula is C49H49N2O5P2Ru+2. The summed E-state index contributed by atoms with van der Waals surface area (Å²) in [4.78, 5) is 21.9. The van der Waals surface area contributed by atoms with Crippen LogP contribution in [0.15, 0.2) is 182 Å². The van der Waals surface area contributed by atoms with Crippen LogP contribution in [0, 0.1) is 0 Å². The summed E-state index contributed by atoms with van der Waals surface area (Å²) in [5.74, 6) is 0.401. The minimum atomic E-state index is -1.32. The molecular weight excluding hydrogens is 860 g/mol. The first kappa shape index (κ1) is 46.3. The SMILES string of the molecule is CC(=O)O.CC(=O)O.CC1(C)c2cccc([PH+](c3ccccc3)c3ccccc3)c2Oc2c([PH+](c3ccccc3)c3ccccc3)cccc21.[NH-]Cc1ccccn1.[Ru+]. The number of ether oxygens (including phenoxy) is 1. The van der Waals surface area contributed by atoms with E-state index >= 15 is 0 Å². The molecule has 1 aliphatic heterocycles. The van der Waals surface area contributed by atoms with Gasteiger partial charge in [-0.2, -0.15) is 0 Å². The van der Waals surface area contributed by atoms with E-state index in [1.807, 2.05) is 18.2 Å². The molecule has 59 heavy (non-hydrogen) atoms. The Morgan fingerprint density at radius 1 is 0.542 bits per heavy atom. The Morgan fingerprint density at radius 2 is 0.864 bits per heavy atom. The van der Waals surface area contributed by atoms with Crippen molar-refractivity contribution in [3.05, 3.63) is 205 Å². The first-order chi connectivity index (χ1) is 28.0. The second-order valence-corrected chi connectivity index (χ2v) is 18.7. The quantitative estimate of drug-likeness (QED) is 0.122. The zero-order valence-corrected chi connectivity index (χ0v) is 37.2. The van der Waals surface area contributed by atoms with E-state index in [0.29, 0.717) is 0 Å². The average molecular weight is 909 g/mol. The molecule has 0 aliphatic carbocycles. The summed E-state index contributed by atoms with van der Waals surface area (Å²) >= 11 is 0. The molecule has 1 aliphatic rings. The molecule has 301 valence electrons. The largest absolute Gasteiger partial charge is 1.00 e. The second-order valence-electron chi connectivity index (χ2n) is 13.8. The van der Waals surface area contributed by atoms with E-state index in [-0.39, 0.29) is 31.4 Å². The third kappa shape index (κ3) is 12.3. The third-order valence-electron chi connectivity index (χ3n) is 9.28. The number of fused-ring (bicyclic) bond motifs is 2. The van der Waals surface area contributed by atoms with Gasteiger partial charge in [-0.15, -0.1) is 6.54 Å². The van der Waals surface area contributed by atoms with E-state index in [9.17, 15) is 0 Å². The molecule has 0 bridgehead atoms. The molecule has 1 radical (unpaired) electrons. The number of hydrogen-bond donors (Lipinski definition) is 2. The fourth-order valence-electron chi connectivity index (χ4n) is 6.80. The van der Waals surface area contributed by atoms with Crippen LogP contribution in [0.2, 0.25) is 0 Å². The normalized spacial score (nSPS) is 11.6. The molecule has 0 amide bonds. The molecule has 2 heterocycles. The molecule has 1 aromatic heterocycles. The maximum atomic E-state index is 9.00. The number of benzene rings is 6. The van der Waals surface area contributed by atoms with Gasteiger partial charge in [-0.25, -0.2) is 0 Å². The van der Waals surface area contributed by atoms with Gasteiger partial charge in [-0.1, -0.05) is 117 Å². The van der Waals surface area contributed by atoms with E-state index in [1.165, 1.54) is 43.0 Å². The number of para-hydroxylation sites is 2. The van der Waals surface area contributed by atoms with Gasteiger partial charge >= 0.3 is 19.5 Å². The Kier molecular flexibility index (Phi) is 17.8. The van der Waals surface area contributed by atoms with Gasteiger partial charge in [0, 0.05) is 42.3 Å². The number of aliphatic carboxylic acids is 2. The molecule has 8 rings (SSSR count). The van der Waals surface area contributed by atoms with Crippen LogP contribution in [-0.4, -0.2) is 27.1 Å². The number of aromatic nitrogens is 1. The van der Waals surface area contributed by atoms with Crippen molar-refractivity contribution in [3.8, 4) is 11.5 Å². The van der Waals surface area contributed by atoms with Gasteiger partial charge in [0.05, 0.1) is 0 Å². The number of hydrogen-bond acceptors (Lipinski definition) is 4. The van der Waals surface area contributed by atoms with E-state index in [4.69, 9.17) is 30.3 Å². The predicted octanol–water partition coefficient (Wildman–Crippen LogP) is 8.91. The Labute approximate surface area is 362 Å². The zero-order chi connectivity index (χ0) is 41.5. The molecule has 3 N–H and O–H groups in total. The maximum absolute atomic E-state index is 9.00. The molecule has 0 spiro atoms. The number of nitrogens with zero attached hydrogens (tertiary/aromatic N) is 1. The van der Waals surface area contributed by atoms with Gasteiger partial charge in [0.2, 0.25) is 0 Å². The van der Waals surface area contributed by atoms with Crippen LogP contribution in [-0.2, 0) is 41.0 Å². The first-order valence-electron chi connectivity index (χ1n) is 18.9. The van der Waals surface area contributed by atoms with Crippen molar-refractivity contribution in [1.82, 2.24) is 4.98 Å². The summed E-state index contributed by atoms with van der Waals surface area (Å²) < 4.78 is 7.27. The van der Waals surface area contributed by atoms with Crippen LogP contribution in [0.3, 0.4) is 0 Å². The second kappa shape index (κ2) is 22.7. The summed E-state index contributed by atoms with van der Waals surface area (Å²) in [6, 6.07) is 63.1. The van der Waals surface area contributed by atoms with Crippen molar-refractivity contribution in [2.75, 3.05) is 0 Å². The Balaban J connectivity index is 0.000000383. The monoisotopic (exact) mass is 909 g/mol. The van der Waals surface area contributed by atoms with E-state index in [0.717, 1.165) is 31.0 Å². The van der Waals surface area contributed by atoms with Crippen molar-refractivity contribution in [2.24, 2.45) is 0 Å². The Hall–Kier alpha value is -5.35. The standard InChI is InChI=1S/C39H32OP2.C6H7N2.2C2H4O2.Ru/c1-39(2)33-25-15-27-35(41(29-17-7-3-8-18-29)30-19-9-4-10-20-30)37(33)40-38-34(39)26-16-28-36(38)42(31-21-11-5-12-22-31)32-23-13-6-14-24-32;7-5-6-3-1-2-4-8-6;2*1-2(3)4;/h3-28H,1-2H3;1-4,7H,5H2;2*1H3,(H,3,4);/q;-1;;;+1/p+2. The van der Waals surface area contributed by atoms with E-state index < -0.39 is 27.8 Å². The molecule has 0 saturated carbocycles. The van der Waals surface area contributed by atoms with Crippen LogP contribution < -0.4 is 36.6 Å². The van der Waals surface area contributed by atoms with Crippen LogP contribution in [0.4, 0.5) is 0 Å². The molecule has 0 unspecified atom stereocenters. The molecule has 10 heteroatoms. The summed E-state index contributed by atoms with van der Waals surface area (Å²) in [6.45, 7) is 7.16. The van der Waals surface area contributed by atoms with Crippen LogP contribution in [0.1, 0.15) is 44.5 Å². The van der Waals surface area contributed by atoms with Crippen molar-refractivity contribution in [1.29, 1.82) is 0 Å². The van der Waals surface area contributed by atoms with Crippen LogP contribution in [0.25, 0.3) is 5.73 Å². The van der Waals surface area contributed by atoms with E-state index in [2.05, 4.69) is 177 Å². The molecule has 7 nitrogen and oxygen atoms in total.